The molecule has 0 aromatic heterocycles. The van der Waals surface area contributed by atoms with Gasteiger partial charge in [-0.15, -0.1) is 0 Å². The van der Waals surface area contributed by atoms with Gasteiger partial charge in [-0.25, -0.2) is 0 Å². The van der Waals surface area contributed by atoms with Crippen LogP contribution in [0.15, 0.2) is 24.3 Å². The highest BCUT2D eigenvalue weighted by Gasteiger charge is 2.20. The SMILES string of the molecule is c1ccc(C2CCCCCC2)c(CC2CCNCC2)c1. The van der Waals surface area contributed by atoms with E-state index in [1.165, 1.54) is 70.9 Å². The summed E-state index contributed by atoms with van der Waals surface area (Å²) in [5, 5.41) is 3.49. The highest BCUT2D eigenvalue weighted by molar-refractivity contribution is 5.31. The molecule has 1 heteroatoms. The first-order valence-electron chi connectivity index (χ1n) is 8.72. The van der Waals surface area contributed by atoms with Gasteiger partial charge in [-0.1, -0.05) is 49.9 Å². The van der Waals surface area contributed by atoms with Gasteiger partial charge in [0, 0.05) is 0 Å². The summed E-state index contributed by atoms with van der Waals surface area (Å²) in [6.07, 6.45) is 12.7. The van der Waals surface area contributed by atoms with E-state index < -0.39 is 0 Å². The van der Waals surface area contributed by atoms with Gasteiger partial charge < -0.3 is 5.32 Å². The van der Waals surface area contributed by atoms with Gasteiger partial charge in [0.1, 0.15) is 0 Å². The van der Waals surface area contributed by atoms with E-state index in [2.05, 4.69) is 29.6 Å². The summed E-state index contributed by atoms with van der Waals surface area (Å²) in [5.41, 5.74) is 3.35. The van der Waals surface area contributed by atoms with Gasteiger partial charge >= 0.3 is 0 Å². The zero-order valence-electron chi connectivity index (χ0n) is 12.7. The highest BCUT2D eigenvalue weighted by Crippen LogP contribution is 2.34. The van der Waals surface area contributed by atoms with Gasteiger partial charge in [-0.3, -0.25) is 0 Å². The number of hydrogen-bond acceptors (Lipinski definition) is 1. The van der Waals surface area contributed by atoms with E-state index in [4.69, 9.17) is 0 Å². The van der Waals surface area contributed by atoms with Crippen molar-refractivity contribution in [3.8, 4) is 0 Å². The predicted molar refractivity (Wildman–Crippen MR) is 86.2 cm³/mol. The third-order valence-corrected chi connectivity index (χ3v) is 5.32. The molecule has 1 nitrogen and oxygen atoms in total. The molecule has 1 aromatic rings. The van der Waals surface area contributed by atoms with E-state index in [1.54, 1.807) is 11.1 Å². The third kappa shape index (κ3) is 3.63. The average Bonchev–Trinajstić information content (AvgIpc) is 2.78. The summed E-state index contributed by atoms with van der Waals surface area (Å²) in [6.45, 7) is 2.44. The van der Waals surface area contributed by atoms with Gasteiger partial charge in [0.05, 0.1) is 0 Å². The summed E-state index contributed by atoms with van der Waals surface area (Å²) in [6, 6.07) is 9.33. The average molecular weight is 271 g/mol. The van der Waals surface area contributed by atoms with Crippen LogP contribution in [0, 0.1) is 5.92 Å². The molecule has 0 bridgehead atoms. The summed E-state index contributed by atoms with van der Waals surface area (Å²) < 4.78 is 0. The van der Waals surface area contributed by atoms with E-state index in [9.17, 15) is 0 Å². The first-order chi connectivity index (χ1) is 9.93. The molecule has 20 heavy (non-hydrogen) atoms. The molecule has 1 aliphatic carbocycles. The van der Waals surface area contributed by atoms with Gasteiger partial charge in [0.15, 0.2) is 0 Å². The van der Waals surface area contributed by atoms with Crippen LogP contribution in [-0.4, -0.2) is 13.1 Å². The van der Waals surface area contributed by atoms with Gasteiger partial charge in [-0.2, -0.15) is 0 Å². The summed E-state index contributed by atoms with van der Waals surface area (Å²) in [5.74, 6) is 1.75. The molecule has 1 heterocycles. The molecule has 1 saturated carbocycles. The Kier molecular flexibility index (Phi) is 5.13. The highest BCUT2D eigenvalue weighted by atomic mass is 14.9. The molecule has 0 unspecified atom stereocenters. The summed E-state index contributed by atoms with van der Waals surface area (Å²) in [4.78, 5) is 0. The van der Waals surface area contributed by atoms with E-state index in [0.29, 0.717) is 0 Å². The first-order valence-corrected chi connectivity index (χ1v) is 8.72. The number of piperidine rings is 1. The molecule has 1 N–H and O–H groups in total. The maximum Gasteiger partial charge on any atom is -0.00462 e. The Balaban J connectivity index is 1.72. The van der Waals surface area contributed by atoms with Crippen molar-refractivity contribution in [1.82, 2.24) is 5.32 Å². The number of rotatable bonds is 3. The number of benzene rings is 1. The van der Waals surface area contributed by atoms with Crippen molar-refractivity contribution in [2.24, 2.45) is 5.92 Å². The van der Waals surface area contributed by atoms with Crippen molar-refractivity contribution in [3.63, 3.8) is 0 Å². The standard InChI is InChI=1S/C19H29N/c1-2-4-8-17(7-3-1)19-10-6-5-9-18(19)15-16-11-13-20-14-12-16/h5-6,9-10,16-17,20H,1-4,7-8,11-15H2. The Bertz CT molecular complexity index is 398. The molecule has 1 aromatic carbocycles. The lowest BCUT2D eigenvalue weighted by Crippen LogP contribution is -2.28. The molecule has 0 radical (unpaired) electrons. The molecular formula is C19H29N. The maximum absolute atomic E-state index is 3.49. The zero-order chi connectivity index (χ0) is 13.6. The first kappa shape index (κ1) is 14.1. The largest absolute Gasteiger partial charge is 0.317 e. The fourth-order valence-corrected chi connectivity index (χ4v) is 4.11. The summed E-state index contributed by atoms with van der Waals surface area (Å²) >= 11 is 0. The van der Waals surface area contributed by atoms with Crippen molar-refractivity contribution in [3.05, 3.63) is 35.4 Å². The third-order valence-electron chi connectivity index (χ3n) is 5.32. The topological polar surface area (TPSA) is 12.0 Å². The zero-order valence-corrected chi connectivity index (χ0v) is 12.7. The molecule has 2 aliphatic rings. The van der Waals surface area contributed by atoms with E-state index in [-0.39, 0.29) is 0 Å². The van der Waals surface area contributed by atoms with Crippen LogP contribution in [-0.2, 0) is 6.42 Å². The summed E-state index contributed by atoms with van der Waals surface area (Å²) in [7, 11) is 0. The molecule has 3 rings (SSSR count). The predicted octanol–water partition coefficient (Wildman–Crippen LogP) is 4.67. The second-order valence-electron chi connectivity index (χ2n) is 6.78. The Morgan fingerprint density at radius 1 is 0.850 bits per heavy atom. The van der Waals surface area contributed by atoms with Crippen LogP contribution in [0.4, 0.5) is 0 Å². The van der Waals surface area contributed by atoms with E-state index in [1.807, 2.05) is 0 Å². The van der Waals surface area contributed by atoms with Gasteiger partial charge in [0.25, 0.3) is 0 Å². The second-order valence-corrected chi connectivity index (χ2v) is 6.78. The van der Waals surface area contributed by atoms with Crippen LogP contribution in [0.3, 0.4) is 0 Å². The molecule has 1 saturated heterocycles. The molecule has 0 atom stereocenters. The molecule has 1 aliphatic heterocycles. The number of nitrogens with one attached hydrogen (secondary N) is 1. The fourth-order valence-electron chi connectivity index (χ4n) is 4.11. The Hall–Kier alpha value is -0.820. The monoisotopic (exact) mass is 271 g/mol. The van der Waals surface area contributed by atoms with Crippen LogP contribution < -0.4 is 5.32 Å². The molecule has 110 valence electrons. The van der Waals surface area contributed by atoms with Crippen LogP contribution in [0.2, 0.25) is 0 Å². The minimum absolute atomic E-state index is 0.843. The smallest absolute Gasteiger partial charge is 0.00462 e. The lowest BCUT2D eigenvalue weighted by molar-refractivity contribution is 0.371. The minimum atomic E-state index is 0.843. The van der Waals surface area contributed by atoms with Crippen LogP contribution in [0.5, 0.6) is 0 Å². The number of hydrogen-bond donors (Lipinski definition) is 1. The van der Waals surface area contributed by atoms with Gasteiger partial charge in [-0.05, 0) is 68.2 Å². The van der Waals surface area contributed by atoms with Crippen molar-refractivity contribution in [2.75, 3.05) is 13.1 Å². The lowest BCUT2D eigenvalue weighted by Gasteiger charge is -2.25. The van der Waals surface area contributed by atoms with Crippen LogP contribution >= 0.6 is 0 Å². The normalized spacial score (nSPS) is 22.6. The quantitative estimate of drug-likeness (QED) is 0.788. The van der Waals surface area contributed by atoms with Crippen LogP contribution in [0.25, 0.3) is 0 Å². The van der Waals surface area contributed by atoms with Crippen molar-refractivity contribution in [2.45, 2.75) is 63.7 Å². The van der Waals surface area contributed by atoms with Crippen LogP contribution in [0.1, 0.15) is 68.4 Å². The molecular weight excluding hydrogens is 242 g/mol. The van der Waals surface area contributed by atoms with Crippen molar-refractivity contribution < 1.29 is 0 Å². The van der Waals surface area contributed by atoms with E-state index in [0.717, 1.165) is 11.8 Å². The minimum Gasteiger partial charge on any atom is -0.317 e. The molecule has 2 fully saturated rings. The Morgan fingerprint density at radius 3 is 2.30 bits per heavy atom. The maximum atomic E-state index is 3.49. The molecule has 0 amide bonds. The lowest BCUT2D eigenvalue weighted by atomic mass is 9.83. The molecule has 0 spiro atoms. The van der Waals surface area contributed by atoms with Crippen molar-refractivity contribution in [1.29, 1.82) is 0 Å². The Morgan fingerprint density at radius 2 is 1.55 bits per heavy atom. The van der Waals surface area contributed by atoms with Crippen molar-refractivity contribution >= 4 is 0 Å². The van der Waals surface area contributed by atoms with E-state index >= 15 is 0 Å². The fraction of sp³-hybridized carbons (Fsp3) is 0.684. The second kappa shape index (κ2) is 7.26. The van der Waals surface area contributed by atoms with Gasteiger partial charge in [0.2, 0.25) is 0 Å². The Labute approximate surface area is 124 Å².